The van der Waals surface area contributed by atoms with Crippen LogP contribution in [0.25, 0.3) is 0 Å². The van der Waals surface area contributed by atoms with E-state index < -0.39 is 35.9 Å². The molecule has 0 aliphatic carbocycles. The lowest BCUT2D eigenvalue weighted by Crippen LogP contribution is -2.39. The lowest BCUT2D eigenvalue weighted by Gasteiger charge is -2.21. The normalized spacial score (nSPS) is 28.6. The number of hydrogen-bond donors (Lipinski definition) is 2. The van der Waals surface area contributed by atoms with Crippen LogP contribution in [0.2, 0.25) is 5.02 Å². The largest absolute Gasteiger partial charge is 0.495 e. The molecule has 0 unspecified atom stereocenters. The van der Waals surface area contributed by atoms with Crippen molar-refractivity contribution < 1.29 is 24.2 Å². The Labute approximate surface area is 131 Å². The fourth-order valence-electron chi connectivity index (χ4n) is 2.91. The van der Waals surface area contributed by atoms with Gasteiger partial charge in [-0.25, -0.2) is 0 Å². The Morgan fingerprint density at radius 1 is 1.27 bits per heavy atom. The zero-order valence-corrected chi connectivity index (χ0v) is 12.4. The number of halogens is 1. The molecule has 2 aliphatic rings. The minimum Gasteiger partial charge on any atom is -0.495 e. The van der Waals surface area contributed by atoms with Gasteiger partial charge in [0.25, 0.3) is 0 Å². The lowest BCUT2D eigenvalue weighted by molar-refractivity contribution is -0.145. The zero-order valence-electron chi connectivity index (χ0n) is 11.7. The monoisotopic (exact) mass is 323 g/mol. The standard InChI is InChI=1S/C15H14ClNO5/c1-21-9-3-2-7(16)6-8(9)17-14(18)12-10-4-5-11(22-10)13(12)15(19)20/h2-6,10-13H,1H3,(H,17,18)(H,19,20)/t10-,11-,12-,13-/m1/s1. The molecule has 2 heterocycles. The molecule has 1 aromatic rings. The van der Waals surface area contributed by atoms with Crippen LogP contribution in [-0.2, 0) is 14.3 Å². The third-order valence-corrected chi connectivity index (χ3v) is 4.14. The summed E-state index contributed by atoms with van der Waals surface area (Å²) in [6.45, 7) is 0. The van der Waals surface area contributed by atoms with Gasteiger partial charge < -0.3 is 19.9 Å². The summed E-state index contributed by atoms with van der Waals surface area (Å²) in [6, 6.07) is 4.82. The molecular weight excluding hydrogens is 310 g/mol. The van der Waals surface area contributed by atoms with E-state index in [1.165, 1.54) is 7.11 Å². The second kappa shape index (κ2) is 5.62. The molecule has 1 amide bonds. The van der Waals surface area contributed by atoms with E-state index in [4.69, 9.17) is 21.1 Å². The number of ether oxygens (including phenoxy) is 2. The first kappa shape index (κ1) is 14.9. The van der Waals surface area contributed by atoms with Crippen LogP contribution in [0, 0.1) is 11.8 Å². The molecule has 2 N–H and O–H groups in total. The van der Waals surface area contributed by atoms with Crippen molar-refractivity contribution in [2.24, 2.45) is 11.8 Å². The Morgan fingerprint density at radius 3 is 2.59 bits per heavy atom. The molecule has 2 bridgehead atoms. The van der Waals surface area contributed by atoms with Crippen LogP contribution in [-0.4, -0.2) is 36.3 Å². The molecule has 7 heteroatoms. The van der Waals surface area contributed by atoms with Gasteiger partial charge in [0.05, 0.1) is 30.9 Å². The minimum absolute atomic E-state index is 0.399. The zero-order chi connectivity index (χ0) is 15.9. The summed E-state index contributed by atoms with van der Waals surface area (Å²) >= 11 is 5.92. The van der Waals surface area contributed by atoms with E-state index in [0.29, 0.717) is 16.5 Å². The lowest BCUT2D eigenvalue weighted by atomic mass is 9.82. The van der Waals surface area contributed by atoms with Gasteiger partial charge in [-0.3, -0.25) is 9.59 Å². The maximum atomic E-state index is 12.5. The summed E-state index contributed by atoms with van der Waals surface area (Å²) in [5.41, 5.74) is 0.399. The molecule has 1 aromatic carbocycles. The van der Waals surface area contributed by atoms with Crippen LogP contribution >= 0.6 is 11.6 Å². The van der Waals surface area contributed by atoms with Gasteiger partial charge in [0.2, 0.25) is 5.91 Å². The molecule has 1 fully saturated rings. The van der Waals surface area contributed by atoms with Gasteiger partial charge >= 0.3 is 5.97 Å². The second-order valence-electron chi connectivity index (χ2n) is 5.17. The highest BCUT2D eigenvalue weighted by molar-refractivity contribution is 6.31. The molecule has 0 radical (unpaired) electrons. The second-order valence-corrected chi connectivity index (χ2v) is 5.61. The van der Waals surface area contributed by atoms with Gasteiger partial charge in [-0.2, -0.15) is 0 Å². The van der Waals surface area contributed by atoms with Crippen molar-refractivity contribution in [3.63, 3.8) is 0 Å². The number of carboxylic acid groups (broad SMARTS) is 1. The van der Waals surface area contributed by atoms with E-state index >= 15 is 0 Å². The maximum absolute atomic E-state index is 12.5. The predicted octanol–water partition coefficient (Wildman–Crippen LogP) is 1.94. The molecule has 0 aromatic heterocycles. The summed E-state index contributed by atoms with van der Waals surface area (Å²) in [4.78, 5) is 23.9. The van der Waals surface area contributed by atoms with Crippen molar-refractivity contribution >= 4 is 29.2 Å². The minimum atomic E-state index is -1.05. The Balaban J connectivity index is 1.84. The third-order valence-electron chi connectivity index (χ3n) is 3.91. The van der Waals surface area contributed by atoms with E-state index in [9.17, 15) is 14.7 Å². The highest BCUT2D eigenvalue weighted by Crippen LogP contribution is 2.40. The summed E-state index contributed by atoms with van der Waals surface area (Å²) in [6.07, 6.45) is 2.34. The maximum Gasteiger partial charge on any atom is 0.310 e. The number of methoxy groups -OCH3 is 1. The smallest absolute Gasteiger partial charge is 0.310 e. The van der Waals surface area contributed by atoms with E-state index in [2.05, 4.69) is 5.32 Å². The van der Waals surface area contributed by atoms with Gasteiger partial charge in [-0.1, -0.05) is 23.8 Å². The number of anilines is 1. The number of fused-ring (bicyclic) bond motifs is 2. The number of amides is 1. The Morgan fingerprint density at radius 2 is 1.95 bits per heavy atom. The van der Waals surface area contributed by atoms with Gasteiger partial charge in [0.1, 0.15) is 11.7 Å². The van der Waals surface area contributed by atoms with E-state index in [0.717, 1.165) is 0 Å². The Hall–Kier alpha value is -2.05. The van der Waals surface area contributed by atoms with Crippen LogP contribution in [0.4, 0.5) is 5.69 Å². The molecule has 0 saturated carbocycles. The van der Waals surface area contributed by atoms with Crippen molar-refractivity contribution in [3.8, 4) is 5.75 Å². The number of aliphatic carboxylic acids is 1. The first-order valence-corrected chi connectivity index (χ1v) is 7.10. The summed E-state index contributed by atoms with van der Waals surface area (Å²) in [7, 11) is 1.47. The number of carboxylic acids is 1. The van der Waals surface area contributed by atoms with Crippen LogP contribution < -0.4 is 10.1 Å². The SMILES string of the molecule is COc1ccc(Cl)cc1NC(=O)[C@H]1[C@H](C(=O)O)[C@H]2C=C[C@H]1O2. The van der Waals surface area contributed by atoms with Crippen LogP contribution in [0.1, 0.15) is 0 Å². The van der Waals surface area contributed by atoms with Crippen molar-refractivity contribution in [3.05, 3.63) is 35.4 Å². The van der Waals surface area contributed by atoms with E-state index in [1.807, 2.05) is 0 Å². The number of carbonyl (C=O) groups excluding carboxylic acids is 1. The van der Waals surface area contributed by atoms with Crippen LogP contribution in [0.5, 0.6) is 5.75 Å². The fraction of sp³-hybridized carbons (Fsp3) is 0.333. The van der Waals surface area contributed by atoms with Crippen LogP contribution in [0.15, 0.2) is 30.4 Å². The molecule has 2 aliphatic heterocycles. The topological polar surface area (TPSA) is 84.9 Å². The number of benzene rings is 1. The van der Waals surface area contributed by atoms with Gasteiger partial charge in [0.15, 0.2) is 0 Å². The third kappa shape index (κ3) is 2.44. The van der Waals surface area contributed by atoms with Gasteiger partial charge in [-0.05, 0) is 18.2 Å². The number of hydrogen-bond acceptors (Lipinski definition) is 4. The van der Waals surface area contributed by atoms with Crippen molar-refractivity contribution in [1.82, 2.24) is 0 Å². The average molecular weight is 324 g/mol. The van der Waals surface area contributed by atoms with Crippen molar-refractivity contribution in [2.75, 3.05) is 12.4 Å². The highest BCUT2D eigenvalue weighted by Gasteiger charge is 2.53. The Kier molecular flexibility index (Phi) is 3.80. The first-order valence-electron chi connectivity index (χ1n) is 6.72. The molecule has 1 saturated heterocycles. The molecule has 3 rings (SSSR count). The van der Waals surface area contributed by atoms with Crippen LogP contribution in [0.3, 0.4) is 0 Å². The predicted molar refractivity (Wildman–Crippen MR) is 79.1 cm³/mol. The number of carbonyl (C=O) groups is 2. The van der Waals surface area contributed by atoms with E-state index in [1.54, 1.807) is 30.4 Å². The summed E-state index contributed by atoms with van der Waals surface area (Å²) in [5, 5.41) is 12.5. The van der Waals surface area contributed by atoms with Crippen molar-refractivity contribution in [1.29, 1.82) is 0 Å². The molecule has 6 nitrogen and oxygen atoms in total. The quantitative estimate of drug-likeness (QED) is 0.827. The Bertz CT molecular complexity index is 659. The first-order chi connectivity index (χ1) is 10.5. The molecule has 116 valence electrons. The molecular formula is C15H14ClNO5. The molecule has 22 heavy (non-hydrogen) atoms. The van der Waals surface area contributed by atoms with E-state index in [-0.39, 0.29) is 0 Å². The summed E-state index contributed by atoms with van der Waals surface area (Å²) < 4.78 is 10.7. The summed E-state index contributed by atoms with van der Waals surface area (Å²) in [5.74, 6) is -2.69. The highest BCUT2D eigenvalue weighted by atomic mass is 35.5. The fourth-order valence-corrected chi connectivity index (χ4v) is 3.08. The number of nitrogens with one attached hydrogen (secondary N) is 1. The molecule has 0 spiro atoms. The van der Waals surface area contributed by atoms with Gasteiger partial charge in [-0.15, -0.1) is 0 Å². The number of rotatable bonds is 4. The van der Waals surface area contributed by atoms with Crippen molar-refractivity contribution in [2.45, 2.75) is 12.2 Å². The molecule has 4 atom stereocenters. The van der Waals surface area contributed by atoms with Gasteiger partial charge in [0, 0.05) is 5.02 Å². The average Bonchev–Trinajstić information content (AvgIpc) is 3.08.